The summed E-state index contributed by atoms with van der Waals surface area (Å²) in [5.74, 6) is 2.05. The summed E-state index contributed by atoms with van der Waals surface area (Å²) < 4.78 is 0. The SMILES string of the molecule is CC(N)C(=O)NC1C(=O)N2C(CCC1CNC(=O)CCC#CCCC(=O)NCC1CCC3CCC(C(=O)NC(c4ccccc4)c4ccccc4)N3C(=O)C1NC(=O)CN)CCC2C(=O)NC(c1ccccc1)c1ccccc1. The van der Waals surface area contributed by atoms with Gasteiger partial charge in [-0.25, -0.2) is 0 Å². The minimum Gasteiger partial charge on any atom is -0.356 e. The lowest BCUT2D eigenvalue weighted by Crippen LogP contribution is -2.58. The minimum atomic E-state index is -1.02. The molecule has 4 fully saturated rings. The first-order valence-electron chi connectivity index (χ1n) is 27.8. The van der Waals surface area contributed by atoms with Gasteiger partial charge in [-0.1, -0.05) is 121 Å². The maximum Gasteiger partial charge on any atom is 0.246 e. The van der Waals surface area contributed by atoms with Gasteiger partial charge in [0.15, 0.2) is 0 Å². The Morgan fingerprint density at radius 2 is 0.873 bits per heavy atom. The summed E-state index contributed by atoms with van der Waals surface area (Å²) in [5, 5.41) is 17.9. The van der Waals surface area contributed by atoms with Crippen molar-refractivity contribution in [2.75, 3.05) is 19.6 Å². The summed E-state index contributed by atoms with van der Waals surface area (Å²) in [4.78, 5) is 113. The monoisotopic (exact) mass is 1070 g/mol. The molecule has 0 aliphatic carbocycles. The second-order valence-corrected chi connectivity index (χ2v) is 21.2. The van der Waals surface area contributed by atoms with Crippen LogP contribution in [0.4, 0.5) is 0 Å². The van der Waals surface area contributed by atoms with Crippen LogP contribution in [0.25, 0.3) is 0 Å². The van der Waals surface area contributed by atoms with Crippen molar-refractivity contribution in [3.8, 4) is 11.8 Å². The van der Waals surface area contributed by atoms with Crippen molar-refractivity contribution in [1.29, 1.82) is 0 Å². The molecule has 0 spiro atoms. The number of hydrogen-bond donors (Lipinski definition) is 8. The third kappa shape index (κ3) is 14.6. The van der Waals surface area contributed by atoms with Crippen LogP contribution in [0, 0.1) is 23.7 Å². The Labute approximate surface area is 462 Å². The molecule has 8 rings (SSSR count). The highest BCUT2D eigenvalue weighted by molar-refractivity contribution is 5.95. The van der Waals surface area contributed by atoms with E-state index in [1.165, 1.54) is 6.92 Å². The van der Waals surface area contributed by atoms with Crippen molar-refractivity contribution in [2.24, 2.45) is 23.3 Å². The van der Waals surface area contributed by atoms with Crippen molar-refractivity contribution in [2.45, 2.75) is 138 Å². The first kappa shape index (κ1) is 57.3. The molecule has 0 bridgehead atoms. The lowest BCUT2D eigenvalue weighted by Gasteiger charge is -2.33. The second-order valence-electron chi connectivity index (χ2n) is 21.2. The van der Waals surface area contributed by atoms with Crippen LogP contribution in [-0.4, -0.2) is 119 Å². The van der Waals surface area contributed by atoms with Crippen molar-refractivity contribution in [3.63, 3.8) is 0 Å². The first-order valence-corrected chi connectivity index (χ1v) is 27.8. The predicted octanol–water partition coefficient (Wildman–Crippen LogP) is 3.41. The Morgan fingerprint density at radius 1 is 0.519 bits per heavy atom. The van der Waals surface area contributed by atoms with Gasteiger partial charge in [-0.2, -0.15) is 0 Å². The number of amides is 8. The highest BCUT2D eigenvalue weighted by Gasteiger charge is 2.49. The van der Waals surface area contributed by atoms with E-state index in [9.17, 15) is 38.4 Å². The molecular formula is C61H74N10O8. The predicted molar refractivity (Wildman–Crippen MR) is 297 cm³/mol. The number of rotatable bonds is 20. The molecule has 4 aliphatic rings. The standard InChI is InChI=1S/C61H74N10O8/c1-39(63)57(75)69-56-45(29-31-47-33-35-49(71(47)61(56)79)59(77)68-54(42-22-12-6-13-23-42)43-24-14-7-15-25-43)38-65-51(73)27-17-3-2-16-26-50(72)64-37-44-28-30-46-32-34-48(70(46)60(78)55(44)66-52(74)36-62)58(76)67-53(40-18-8-4-9-19-40)41-20-10-5-11-21-41/h4-15,18-25,39,44-49,53-56H,16-17,26-38,62-63H2,1H3,(H,64,72)(H,65,73)(H,66,74)(H,67,76)(H,68,77)(H,69,75). The van der Waals surface area contributed by atoms with E-state index < -0.39 is 65.9 Å². The Kier molecular flexibility index (Phi) is 20.0. The van der Waals surface area contributed by atoms with E-state index in [2.05, 4.69) is 43.7 Å². The van der Waals surface area contributed by atoms with Gasteiger partial charge < -0.3 is 53.2 Å². The number of hydrogen-bond acceptors (Lipinski definition) is 10. The molecule has 4 heterocycles. The lowest BCUT2D eigenvalue weighted by molar-refractivity contribution is -0.143. The van der Waals surface area contributed by atoms with Crippen LogP contribution in [0.1, 0.15) is 118 Å². The summed E-state index contributed by atoms with van der Waals surface area (Å²) in [5.41, 5.74) is 15.3. The molecule has 8 amide bonds. The fraction of sp³-hybridized carbons (Fsp3) is 0.443. The Balaban J connectivity index is 0.812. The fourth-order valence-electron chi connectivity index (χ4n) is 11.7. The van der Waals surface area contributed by atoms with E-state index in [4.69, 9.17) is 11.5 Å². The molecule has 0 saturated carbocycles. The molecule has 10 N–H and O–H groups in total. The summed E-state index contributed by atoms with van der Waals surface area (Å²) in [6.45, 7) is 1.40. The molecule has 4 saturated heterocycles. The third-order valence-electron chi connectivity index (χ3n) is 15.9. The normalized spacial score (nSPS) is 22.9. The zero-order valence-corrected chi connectivity index (χ0v) is 44.8. The Hall–Kier alpha value is -7.88. The van der Waals surface area contributed by atoms with E-state index >= 15 is 0 Å². The number of nitrogens with one attached hydrogen (secondary N) is 6. The van der Waals surface area contributed by atoms with Gasteiger partial charge in [0.1, 0.15) is 24.2 Å². The van der Waals surface area contributed by atoms with E-state index in [-0.39, 0.29) is 92.8 Å². The summed E-state index contributed by atoms with van der Waals surface area (Å²) in [6, 6.07) is 32.8. The van der Waals surface area contributed by atoms with Gasteiger partial charge in [-0.3, -0.25) is 38.4 Å². The number of nitrogens with two attached hydrogens (primary N) is 2. The average Bonchev–Trinajstić information content (AvgIpc) is 4.28. The molecule has 4 aliphatic heterocycles. The van der Waals surface area contributed by atoms with Gasteiger partial charge in [0.25, 0.3) is 0 Å². The molecule has 18 nitrogen and oxygen atoms in total. The van der Waals surface area contributed by atoms with Crippen LogP contribution in [0.2, 0.25) is 0 Å². The Bertz CT molecular complexity index is 2750. The summed E-state index contributed by atoms with van der Waals surface area (Å²) in [7, 11) is 0. The quantitative estimate of drug-likeness (QED) is 0.0598. The fourth-order valence-corrected chi connectivity index (χ4v) is 11.7. The number of carbonyl (C=O) groups is 8. The van der Waals surface area contributed by atoms with Crippen molar-refractivity contribution in [3.05, 3.63) is 144 Å². The molecule has 416 valence electrons. The number of benzene rings is 4. The van der Waals surface area contributed by atoms with Crippen molar-refractivity contribution >= 4 is 47.3 Å². The highest BCUT2D eigenvalue weighted by Crippen LogP contribution is 2.37. The minimum absolute atomic E-state index is 0.0600. The summed E-state index contributed by atoms with van der Waals surface area (Å²) in [6.07, 6.45) is 4.90. The maximum absolute atomic E-state index is 14.6. The molecule has 18 heteroatoms. The van der Waals surface area contributed by atoms with Crippen LogP contribution < -0.4 is 43.4 Å². The molecule has 0 radical (unpaired) electrons. The number of nitrogens with zero attached hydrogens (tertiary/aromatic N) is 2. The molecule has 79 heavy (non-hydrogen) atoms. The van der Waals surface area contributed by atoms with Gasteiger partial charge in [0.05, 0.1) is 24.7 Å². The Morgan fingerprint density at radius 3 is 1.23 bits per heavy atom. The van der Waals surface area contributed by atoms with Crippen LogP contribution in [-0.2, 0) is 38.4 Å². The highest BCUT2D eigenvalue weighted by atomic mass is 16.2. The van der Waals surface area contributed by atoms with Gasteiger partial charge >= 0.3 is 0 Å². The topological polar surface area (TPSA) is 267 Å². The van der Waals surface area contributed by atoms with Gasteiger partial charge in [0.2, 0.25) is 47.3 Å². The molecule has 4 aromatic rings. The van der Waals surface area contributed by atoms with Crippen LogP contribution in [0.3, 0.4) is 0 Å². The van der Waals surface area contributed by atoms with Gasteiger partial charge in [-0.15, -0.1) is 11.8 Å². The average molecular weight is 1080 g/mol. The molecule has 4 aromatic carbocycles. The van der Waals surface area contributed by atoms with E-state index in [0.29, 0.717) is 51.4 Å². The maximum atomic E-state index is 14.6. The molecule has 9 atom stereocenters. The second kappa shape index (κ2) is 27.6. The first-order chi connectivity index (χ1) is 38.3. The lowest BCUT2D eigenvalue weighted by atomic mass is 9.92. The van der Waals surface area contributed by atoms with Crippen LogP contribution >= 0.6 is 0 Å². The number of fused-ring (bicyclic) bond motifs is 2. The molecular weight excluding hydrogens is 1000 g/mol. The van der Waals surface area contributed by atoms with Gasteiger partial charge in [-0.05, 0) is 80.5 Å². The zero-order chi connectivity index (χ0) is 55.8. The van der Waals surface area contributed by atoms with E-state index in [1.807, 2.05) is 121 Å². The molecule has 0 aromatic heterocycles. The van der Waals surface area contributed by atoms with E-state index in [1.54, 1.807) is 9.80 Å². The van der Waals surface area contributed by atoms with Crippen LogP contribution in [0.15, 0.2) is 121 Å². The number of carbonyl (C=O) groups excluding carboxylic acids is 8. The van der Waals surface area contributed by atoms with Crippen LogP contribution in [0.5, 0.6) is 0 Å². The molecule has 9 unspecified atom stereocenters. The van der Waals surface area contributed by atoms with E-state index in [0.717, 1.165) is 22.3 Å². The largest absolute Gasteiger partial charge is 0.356 e. The third-order valence-corrected chi connectivity index (χ3v) is 15.9. The summed E-state index contributed by atoms with van der Waals surface area (Å²) >= 11 is 0. The van der Waals surface area contributed by atoms with Crippen molar-refractivity contribution < 1.29 is 38.4 Å². The van der Waals surface area contributed by atoms with Gasteiger partial charge in [0, 0.05) is 62.7 Å². The smallest absolute Gasteiger partial charge is 0.246 e. The zero-order valence-electron chi connectivity index (χ0n) is 44.8. The van der Waals surface area contributed by atoms with Crippen molar-refractivity contribution in [1.82, 2.24) is 41.7 Å².